The Balaban J connectivity index is 1.65. The smallest absolute Gasteiger partial charge is 0.266 e. The largest absolute Gasteiger partial charge is 0.281 e. The Morgan fingerprint density at radius 3 is 2.44 bits per heavy atom. The topological polar surface area (TPSA) is 59.3 Å². The molecule has 0 aliphatic heterocycles. The first-order valence-corrected chi connectivity index (χ1v) is 9.26. The second-order valence-corrected chi connectivity index (χ2v) is 6.70. The van der Waals surface area contributed by atoms with E-state index in [1.807, 2.05) is 83.0 Å². The molecule has 0 radical (unpaired) electrons. The van der Waals surface area contributed by atoms with Crippen LogP contribution in [0.15, 0.2) is 89.5 Å². The SMILES string of the molecule is O=C(N/N=C/c1cn(-c2ccccc2)nc1-c1ccccc1)c1cccs1. The Hall–Kier alpha value is -3.51. The molecule has 0 spiro atoms. The molecule has 5 nitrogen and oxygen atoms in total. The van der Waals surface area contributed by atoms with E-state index in [4.69, 9.17) is 5.10 Å². The van der Waals surface area contributed by atoms with Crippen LogP contribution in [0.3, 0.4) is 0 Å². The summed E-state index contributed by atoms with van der Waals surface area (Å²) in [6, 6.07) is 23.4. The standard InChI is InChI=1S/C21H16N4OS/c26-21(19-12-7-13-27-19)23-22-14-17-15-25(18-10-5-2-6-11-18)24-20(17)16-8-3-1-4-9-16/h1-15H,(H,23,26)/b22-14+. The lowest BCUT2D eigenvalue weighted by atomic mass is 10.1. The van der Waals surface area contributed by atoms with Gasteiger partial charge in [-0.1, -0.05) is 54.6 Å². The fourth-order valence-electron chi connectivity index (χ4n) is 2.64. The highest BCUT2D eigenvalue weighted by atomic mass is 32.1. The third-order valence-electron chi connectivity index (χ3n) is 3.93. The number of aromatic nitrogens is 2. The van der Waals surface area contributed by atoms with Crippen LogP contribution in [0.1, 0.15) is 15.2 Å². The number of benzene rings is 2. The van der Waals surface area contributed by atoms with E-state index in [-0.39, 0.29) is 5.91 Å². The number of hydrogen-bond acceptors (Lipinski definition) is 4. The number of thiophene rings is 1. The van der Waals surface area contributed by atoms with Crippen molar-refractivity contribution in [3.63, 3.8) is 0 Å². The normalized spacial score (nSPS) is 11.0. The summed E-state index contributed by atoms with van der Waals surface area (Å²) in [5.74, 6) is -0.224. The van der Waals surface area contributed by atoms with Crippen LogP contribution in [-0.2, 0) is 0 Å². The Labute approximate surface area is 160 Å². The van der Waals surface area contributed by atoms with Crippen LogP contribution in [0.4, 0.5) is 0 Å². The van der Waals surface area contributed by atoms with Gasteiger partial charge in [-0.05, 0) is 23.6 Å². The van der Waals surface area contributed by atoms with Gasteiger partial charge in [0, 0.05) is 17.3 Å². The number of nitrogens with zero attached hydrogens (tertiary/aromatic N) is 3. The highest BCUT2D eigenvalue weighted by Crippen LogP contribution is 2.22. The van der Waals surface area contributed by atoms with E-state index in [0.717, 1.165) is 22.5 Å². The van der Waals surface area contributed by atoms with Crippen molar-refractivity contribution in [2.45, 2.75) is 0 Å². The summed E-state index contributed by atoms with van der Waals surface area (Å²) < 4.78 is 1.81. The van der Waals surface area contributed by atoms with E-state index in [1.165, 1.54) is 11.3 Å². The molecule has 0 aliphatic carbocycles. The molecule has 2 heterocycles. The molecule has 0 atom stereocenters. The Morgan fingerprint density at radius 2 is 1.74 bits per heavy atom. The minimum Gasteiger partial charge on any atom is -0.266 e. The van der Waals surface area contributed by atoms with Crippen LogP contribution in [0.25, 0.3) is 16.9 Å². The summed E-state index contributed by atoms with van der Waals surface area (Å²) >= 11 is 1.38. The molecule has 132 valence electrons. The number of hydrazone groups is 1. The molecule has 2 aromatic carbocycles. The molecule has 0 saturated carbocycles. The Morgan fingerprint density at radius 1 is 1.00 bits per heavy atom. The molecule has 6 heteroatoms. The average molecular weight is 372 g/mol. The lowest BCUT2D eigenvalue weighted by Crippen LogP contribution is -2.16. The minimum absolute atomic E-state index is 0.224. The van der Waals surface area contributed by atoms with Crippen molar-refractivity contribution in [2.24, 2.45) is 5.10 Å². The van der Waals surface area contributed by atoms with Crippen molar-refractivity contribution in [1.82, 2.24) is 15.2 Å². The molecule has 1 N–H and O–H groups in total. The predicted octanol–water partition coefficient (Wildman–Crippen LogP) is 4.36. The van der Waals surface area contributed by atoms with E-state index in [2.05, 4.69) is 10.5 Å². The number of carbonyl (C=O) groups is 1. The highest BCUT2D eigenvalue weighted by molar-refractivity contribution is 7.12. The first kappa shape index (κ1) is 16.9. The summed E-state index contributed by atoms with van der Waals surface area (Å²) in [5, 5.41) is 10.7. The zero-order chi connectivity index (χ0) is 18.5. The molecule has 4 rings (SSSR count). The van der Waals surface area contributed by atoms with Crippen molar-refractivity contribution in [3.8, 4) is 16.9 Å². The second-order valence-electron chi connectivity index (χ2n) is 5.76. The fraction of sp³-hybridized carbons (Fsp3) is 0. The van der Waals surface area contributed by atoms with Crippen LogP contribution < -0.4 is 5.43 Å². The Bertz CT molecular complexity index is 1050. The summed E-state index contributed by atoms with van der Waals surface area (Å²) in [5.41, 5.74) is 6.12. The third kappa shape index (κ3) is 3.86. The van der Waals surface area contributed by atoms with Gasteiger partial charge in [0.1, 0.15) is 5.69 Å². The maximum absolute atomic E-state index is 12.0. The lowest BCUT2D eigenvalue weighted by Gasteiger charge is -2.00. The molecule has 27 heavy (non-hydrogen) atoms. The van der Waals surface area contributed by atoms with Gasteiger partial charge in [-0.15, -0.1) is 11.3 Å². The zero-order valence-corrected chi connectivity index (χ0v) is 15.1. The lowest BCUT2D eigenvalue weighted by molar-refractivity contribution is 0.0959. The van der Waals surface area contributed by atoms with E-state index in [1.54, 1.807) is 12.3 Å². The second kappa shape index (κ2) is 7.80. The van der Waals surface area contributed by atoms with Crippen LogP contribution in [0.2, 0.25) is 0 Å². The van der Waals surface area contributed by atoms with Crippen molar-refractivity contribution < 1.29 is 4.79 Å². The van der Waals surface area contributed by atoms with Crippen molar-refractivity contribution in [1.29, 1.82) is 0 Å². The first-order chi connectivity index (χ1) is 13.3. The van der Waals surface area contributed by atoms with Gasteiger partial charge in [-0.2, -0.15) is 10.2 Å². The average Bonchev–Trinajstić information content (AvgIpc) is 3.40. The number of rotatable bonds is 5. The molecule has 0 fully saturated rings. The maximum atomic E-state index is 12.0. The predicted molar refractivity (Wildman–Crippen MR) is 108 cm³/mol. The van der Waals surface area contributed by atoms with Gasteiger partial charge in [-0.3, -0.25) is 4.79 Å². The molecule has 2 aromatic heterocycles. The monoisotopic (exact) mass is 372 g/mol. The van der Waals surface area contributed by atoms with E-state index < -0.39 is 0 Å². The fourth-order valence-corrected chi connectivity index (χ4v) is 3.25. The number of para-hydroxylation sites is 1. The molecule has 0 aliphatic rings. The van der Waals surface area contributed by atoms with Crippen LogP contribution in [0, 0.1) is 0 Å². The number of amides is 1. The minimum atomic E-state index is -0.224. The van der Waals surface area contributed by atoms with Gasteiger partial charge in [0.2, 0.25) is 0 Å². The van der Waals surface area contributed by atoms with Crippen LogP contribution in [-0.4, -0.2) is 21.9 Å². The van der Waals surface area contributed by atoms with Crippen LogP contribution in [0.5, 0.6) is 0 Å². The summed E-state index contributed by atoms with van der Waals surface area (Å²) in [4.78, 5) is 12.7. The molecular weight excluding hydrogens is 356 g/mol. The Kier molecular flexibility index (Phi) is 4.89. The summed E-state index contributed by atoms with van der Waals surface area (Å²) in [6.45, 7) is 0. The number of hydrogen-bond donors (Lipinski definition) is 1. The highest BCUT2D eigenvalue weighted by Gasteiger charge is 2.11. The quantitative estimate of drug-likeness (QED) is 0.418. The van der Waals surface area contributed by atoms with Gasteiger partial charge in [0.25, 0.3) is 5.91 Å². The number of carbonyl (C=O) groups excluding carboxylic acids is 1. The van der Waals surface area contributed by atoms with Gasteiger partial charge < -0.3 is 0 Å². The number of nitrogens with one attached hydrogen (secondary N) is 1. The van der Waals surface area contributed by atoms with E-state index in [9.17, 15) is 4.79 Å². The van der Waals surface area contributed by atoms with E-state index >= 15 is 0 Å². The summed E-state index contributed by atoms with van der Waals surface area (Å²) in [7, 11) is 0. The van der Waals surface area contributed by atoms with Gasteiger partial charge in [0.05, 0.1) is 16.8 Å². The summed E-state index contributed by atoms with van der Waals surface area (Å²) in [6.07, 6.45) is 3.53. The first-order valence-electron chi connectivity index (χ1n) is 8.39. The van der Waals surface area contributed by atoms with Gasteiger partial charge >= 0.3 is 0 Å². The molecule has 0 saturated heterocycles. The molecule has 1 amide bonds. The molecular formula is C21H16N4OS. The molecule has 0 bridgehead atoms. The van der Waals surface area contributed by atoms with Gasteiger partial charge in [-0.25, -0.2) is 10.1 Å². The zero-order valence-electron chi connectivity index (χ0n) is 14.3. The van der Waals surface area contributed by atoms with Crippen molar-refractivity contribution in [3.05, 3.63) is 94.8 Å². The van der Waals surface area contributed by atoms with Crippen molar-refractivity contribution in [2.75, 3.05) is 0 Å². The van der Waals surface area contributed by atoms with E-state index in [0.29, 0.717) is 4.88 Å². The molecule has 0 unspecified atom stereocenters. The van der Waals surface area contributed by atoms with Crippen LogP contribution >= 0.6 is 11.3 Å². The van der Waals surface area contributed by atoms with Gasteiger partial charge in [0.15, 0.2) is 0 Å². The third-order valence-corrected chi connectivity index (χ3v) is 4.79. The maximum Gasteiger partial charge on any atom is 0.281 e. The van der Waals surface area contributed by atoms with Crippen molar-refractivity contribution >= 4 is 23.5 Å². The molecule has 4 aromatic rings.